The molecule has 0 atom stereocenters. The molecule has 3 heterocycles. The Balaban J connectivity index is 1.65. The van der Waals surface area contributed by atoms with Crippen LogP contribution in [0, 0.1) is 13.8 Å². The number of hydrogen-bond donors (Lipinski definition) is 1. The van der Waals surface area contributed by atoms with E-state index < -0.39 is 0 Å². The molecule has 0 aliphatic carbocycles. The minimum absolute atomic E-state index is 0.267. The second-order valence-corrected chi connectivity index (χ2v) is 6.97. The first kappa shape index (κ1) is 19.1. The van der Waals surface area contributed by atoms with E-state index in [9.17, 15) is 4.79 Å². The number of nitrogens with zero attached hydrogens (tertiary/aromatic N) is 5. The van der Waals surface area contributed by atoms with Crippen LogP contribution in [0.1, 0.15) is 37.6 Å². The molecule has 1 aliphatic rings. The molecular weight excluding hydrogens is 340 g/mol. The van der Waals surface area contributed by atoms with Crippen LogP contribution in [-0.2, 0) is 4.79 Å². The number of aromatic nitrogens is 3. The first-order valence-electron chi connectivity index (χ1n) is 9.63. The van der Waals surface area contributed by atoms with Gasteiger partial charge in [0.15, 0.2) is 0 Å². The fourth-order valence-electron chi connectivity index (χ4n) is 3.18. The molecule has 1 aliphatic heterocycles. The maximum absolute atomic E-state index is 12.2. The SMILES string of the molecule is CCCCC(=O)N1CCN(c2cc(Nc3cc(C)ccn3)nc(C)n2)CC1. The number of amides is 1. The summed E-state index contributed by atoms with van der Waals surface area (Å²) in [5.74, 6) is 3.37. The fraction of sp³-hybridized carbons (Fsp3) is 0.500. The molecule has 2 aromatic heterocycles. The number of carbonyl (C=O) groups excluding carboxylic acids is 1. The largest absolute Gasteiger partial charge is 0.353 e. The van der Waals surface area contributed by atoms with E-state index in [1.807, 2.05) is 36.9 Å². The van der Waals surface area contributed by atoms with Gasteiger partial charge in [-0.3, -0.25) is 4.79 Å². The monoisotopic (exact) mass is 368 g/mol. The molecule has 0 unspecified atom stereocenters. The number of anilines is 3. The van der Waals surface area contributed by atoms with Gasteiger partial charge in [-0.2, -0.15) is 0 Å². The third-order valence-corrected chi connectivity index (χ3v) is 4.70. The molecule has 0 saturated carbocycles. The molecule has 27 heavy (non-hydrogen) atoms. The Morgan fingerprint density at radius 2 is 1.89 bits per heavy atom. The molecule has 7 heteroatoms. The number of aryl methyl sites for hydroxylation is 2. The Bertz CT molecular complexity index is 786. The number of rotatable bonds is 6. The minimum Gasteiger partial charge on any atom is -0.353 e. The van der Waals surface area contributed by atoms with Crippen molar-refractivity contribution in [1.82, 2.24) is 19.9 Å². The fourth-order valence-corrected chi connectivity index (χ4v) is 3.18. The van der Waals surface area contributed by atoms with E-state index in [-0.39, 0.29) is 5.91 Å². The molecule has 2 aromatic rings. The Morgan fingerprint density at radius 3 is 2.59 bits per heavy atom. The molecule has 144 valence electrons. The topological polar surface area (TPSA) is 74.2 Å². The van der Waals surface area contributed by atoms with E-state index in [1.54, 1.807) is 6.20 Å². The Labute approximate surface area is 160 Å². The molecule has 0 spiro atoms. The Kier molecular flexibility index (Phi) is 6.21. The van der Waals surface area contributed by atoms with Crippen LogP contribution in [0.4, 0.5) is 17.5 Å². The van der Waals surface area contributed by atoms with Gasteiger partial charge in [0.05, 0.1) is 0 Å². The van der Waals surface area contributed by atoms with Gasteiger partial charge in [0.25, 0.3) is 0 Å². The van der Waals surface area contributed by atoms with Crippen LogP contribution >= 0.6 is 0 Å². The number of pyridine rings is 1. The van der Waals surface area contributed by atoms with E-state index in [4.69, 9.17) is 0 Å². The van der Waals surface area contributed by atoms with E-state index in [0.717, 1.165) is 62.0 Å². The van der Waals surface area contributed by atoms with E-state index in [0.29, 0.717) is 12.2 Å². The lowest BCUT2D eigenvalue weighted by Gasteiger charge is -2.35. The second kappa shape index (κ2) is 8.79. The molecule has 1 N–H and O–H groups in total. The average molecular weight is 368 g/mol. The Hall–Kier alpha value is -2.70. The summed E-state index contributed by atoms with van der Waals surface area (Å²) in [5, 5.41) is 3.26. The highest BCUT2D eigenvalue weighted by atomic mass is 16.2. The maximum atomic E-state index is 12.2. The second-order valence-electron chi connectivity index (χ2n) is 6.97. The van der Waals surface area contributed by atoms with Gasteiger partial charge in [0, 0.05) is 44.9 Å². The van der Waals surface area contributed by atoms with Crippen molar-refractivity contribution in [2.24, 2.45) is 0 Å². The van der Waals surface area contributed by atoms with Crippen molar-refractivity contribution in [2.75, 3.05) is 36.4 Å². The van der Waals surface area contributed by atoms with E-state index in [2.05, 4.69) is 32.1 Å². The van der Waals surface area contributed by atoms with Gasteiger partial charge in [-0.1, -0.05) is 13.3 Å². The molecule has 0 radical (unpaired) electrons. The summed E-state index contributed by atoms with van der Waals surface area (Å²) >= 11 is 0. The third-order valence-electron chi connectivity index (χ3n) is 4.70. The minimum atomic E-state index is 0.267. The van der Waals surface area contributed by atoms with Crippen LogP contribution in [-0.4, -0.2) is 51.9 Å². The van der Waals surface area contributed by atoms with Crippen molar-refractivity contribution >= 4 is 23.4 Å². The van der Waals surface area contributed by atoms with Gasteiger partial charge in [-0.25, -0.2) is 15.0 Å². The van der Waals surface area contributed by atoms with Gasteiger partial charge >= 0.3 is 0 Å². The molecule has 7 nitrogen and oxygen atoms in total. The summed E-state index contributed by atoms with van der Waals surface area (Å²) < 4.78 is 0. The summed E-state index contributed by atoms with van der Waals surface area (Å²) in [4.78, 5) is 29.8. The van der Waals surface area contributed by atoms with Gasteiger partial charge < -0.3 is 15.1 Å². The van der Waals surface area contributed by atoms with Crippen molar-refractivity contribution in [3.63, 3.8) is 0 Å². The summed E-state index contributed by atoms with van der Waals surface area (Å²) in [6, 6.07) is 5.90. The van der Waals surface area contributed by atoms with Crippen molar-refractivity contribution in [1.29, 1.82) is 0 Å². The van der Waals surface area contributed by atoms with E-state index in [1.165, 1.54) is 0 Å². The molecule has 1 fully saturated rings. The molecule has 0 aromatic carbocycles. The van der Waals surface area contributed by atoms with Crippen LogP contribution in [0.3, 0.4) is 0 Å². The van der Waals surface area contributed by atoms with Crippen molar-refractivity contribution in [2.45, 2.75) is 40.0 Å². The zero-order chi connectivity index (χ0) is 19.2. The number of carbonyl (C=O) groups is 1. The molecule has 1 amide bonds. The van der Waals surface area contributed by atoms with Crippen LogP contribution in [0.5, 0.6) is 0 Å². The number of hydrogen-bond acceptors (Lipinski definition) is 6. The van der Waals surface area contributed by atoms with Gasteiger partial charge in [-0.05, 0) is 38.0 Å². The summed E-state index contributed by atoms with van der Waals surface area (Å²) in [5.41, 5.74) is 1.14. The maximum Gasteiger partial charge on any atom is 0.222 e. The molecular formula is C20H28N6O. The standard InChI is InChI=1S/C20H28N6O/c1-4-5-6-20(27)26-11-9-25(10-12-26)19-14-18(22-16(3)23-19)24-17-13-15(2)7-8-21-17/h7-8,13-14H,4-6,9-12H2,1-3H3,(H,21,22,23,24). The van der Waals surface area contributed by atoms with Crippen LogP contribution < -0.4 is 10.2 Å². The number of nitrogens with one attached hydrogen (secondary N) is 1. The molecule has 1 saturated heterocycles. The normalized spacial score (nSPS) is 14.3. The molecule has 0 bridgehead atoms. The quantitative estimate of drug-likeness (QED) is 0.845. The van der Waals surface area contributed by atoms with Crippen molar-refractivity contribution < 1.29 is 4.79 Å². The van der Waals surface area contributed by atoms with Crippen LogP contribution in [0.2, 0.25) is 0 Å². The zero-order valence-electron chi connectivity index (χ0n) is 16.4. The zero-order valence-corrected chi connectivity index (χ0v) is 16.4. The average Bonchev–Trinajstić information content (AvgIpc) is 2.66. The Morgan fingerprint density at radius 1 is 1.11 bits per heavy atom. The summed E-state index contributed by atoms with van der Waals surface area (Å²) in [6.45, 7) is 9.10. The first-order valence-corrected chi connectivity index (χ1v) is 9.63. The first-order chi connectivity index (χ1) is 13.0. The van der Waals surface area contributed by atoms with Crippen LogP contribution in [0.15, 0.2) is 24.4 Å². The lowest BCUT2D eigenvalue weighted by Crippen LogP contribution is -2.49. The predicted molar refractivity (Wildman–Crippen MR) is 107 cm³/mol. The third kappa shape index (κ3) is 5.15. The highest BCUT2D eigenvalue weighted by Crippen LogP contribution is 2.20. The smallest absolute Gasteiger partial charge is 0.222 e. The van der Waals surface area contributed by atoms with Gasteiger partial charge in [0.2, 0.25) is 5.91 Å². The summed E-state index contributed by atoms with van der Waals surface area (Å²) in [6.07, 6.45) is 4.45. The lowest BCUT2D eigenvalue weighted by atomic mass is 10.2. The van der Waals surface area contributed by atoms with Gasteiger partial charge in [-0.15, -0.1) is 0 Å². The number of piperazine rings is 1. The highest BCUT2D eigenvalue weighted by molar-refractivity contribution is 5.76. The predicted octanol–water partition coefficient (Wildman–Crippen LogP) is 3.07. The summed E-state index contributed by atoms with van der Waals surface area (Å²) in [7, 11) is 0. The van der Waals surface area contributed by atoms with E-state index >= 15 is 0 Å². The van der Waals surface area contributed by atoms with Crippen LogP contribution in [0.25, 0.3) is 0 Å². The van der Waals surface area contributed by atoms with Gasteiger partial charge in [0.1, 0.15) is 23.3 Å². The highest BCUT2D eigenvalue weighted by Gasteiger charge is 2.22. The van der Waals surface area contributed by atoms with Crippen molar-refractivity contribution in [3.05, 3.63) is 35.8 Å². The number of unbranched alkanes of at least 4 members (excludes halogenated alkanes) is 1. The van der Waals surface area contributed by atoms with Crippen molar-refractivity contribution in [3.8, 4) is 0 Å². The lowest BCUT2D eigenvalue weighted by molar-refractivity contribution is -0.131. The molecule has 3 rings (SSSR count).